The second-order valence-corrected chi connectivity index (χ2v) is 7.98. The number of amides is 2. The summed E-state index contributed by atoms with van der Waals surface area (Å²) in [6.07, 6.45) is 2.65. The molecule has 156 valence electrons. The van der Waals surface area contributed by atoms with Crippen molar-refractivity contribution in [1.82, 2.24) is 10.2 Å². The molecule has 0 spiro atoms. The second-order valence-electron chi connectivity index (χ2n) is 7.03. The summed E-state index contributed by atoms with van der Waals surface area (Å²) in [5.41, 5.74) is 1.04. The zero-order valence-electron chi connectivity index (χ0n) is 17.0. The van der Waals surface area contributed by atoms with E-state index in [1.165, 1.54) is 11.3 Å². The van der Waals surface area contributed by atoms with Crippen LogP contribution in [0.2, 0.25) is 0 Å². The third kappa shape index (κ3) is 5.73. The lowest BCUT2D eigenvalue weighted by atomic mass is 10.0. The van der Waals surface area contributed by atoms with Crippen LogP contribution in [0.25, 0.3) is 0 Å². The van der Waals surface area contributed by atoms with Crippen LogP contribution < -0.4 is 14.8 Å². The van der Waals surface area contributed by atoms with Gasteiger partial charge in [-0.3, -0.25) is 9.59 Å². The van der Waals surface area contributed by atoms with Crippen LogP contribution in [0, 0.1) is 0 Å². The van der Waals surface area contributed by atoms with E-state index in [9.17, 15) is 9.59 Å². The SMILES string of the molecule is CCOc1ccc(CCC(=O)NC2CCN(C(=O)c3cccs3)CC2)cc1OC. The van der Waals surface area contributed by atoms with Gasteiger partial charge in [0.25, 0.3) is 5.91 Å². The summed E-state index contributed by atoms with van der Waals surface area (Å²) in [7, 11) is 1.61. The average Bonchev–Trinajstić information content (AvgIpc) is 3.28. The van der Waals surface area contributed by atoms with Crippen LogP contribution in [-0.2, 0) is 11.2 Å². The van der Waals surface area contributed by atoms with Gasteiger partial charge in [0, 0.05) is 25.6 Å². The number of carbonyl (C=O) groups excluding carboxylic acids is 2. The van der Waals surface area contributed by atoms with Gasteiger partial charge in [0.05, 0.1) is 18.6 Å². The molecular weight excluding hydrogens is 388 g/mol. The first-order valence-electron chi connectivity index (χ1n) is 10.0. The zero-order chi connectivity index (χ0) is 20.6. The van der Waals surface area contributed by atoms with Crippen LogP contribution in [0.4, 0.5) is 0 Å². The van der Waals surface area contributed by atoms with E-state index < -0.39 is 0 Å². The van der Waals surface area contributed by atoms with Crippen molar-refractivity contribution in [1.29, 1.82) is 0 Å². The van der Waals surface area contributed by atoms with Crippen LogP contribution in [-0.4, -0.2) is 49.6 Å². The Morgan fingerprint density at radius 1 is 1.21 bits per heavy atom. The maximum Gasteiger partial charge on any atom is 0.263 e. The predicted octanol–water partition coefficient (Wildman–Crippen LogP) is 3.51. The second kappa shape index (κ2) is 10.3. The first kappa shape index (κ1) is 21.2. The standard InChI is InChI=1S/C22H28N2O4S/c1-3-28-18-8-6-16(15-19(18)27-2)7-9-21(25)23-17-10-12-24(13-11-17)22(26)20-5-4-14-29-20/h4-6,8,14-15,17H,3,7,9-13H2,1-2H3,(H,23,25). The molecule has 3 rings (SSSR count). The van der Waals surface area contributed by atoms with Gasteiger partial charge in [0.15, 0.2) is 11.5 Å². The first-order chi connectivity index (χ1) is 14.1. The number of hydrogen-bond donors (Lipinski definition) is 1. The minimum Gasteiger partial charge on any atom is -0.493 e. The molecule has 1 aliphatic rings. The third-order valence-electron chi connectivity index (χ3n) is 5.05. The number of thiophene rings is 1. The van der Waals surface area contributed by atoms with Crippen molar-refractivity contribution in [3.8, 4) is 11.5 Å². The molecule has 2 heterocycles. The largest absolute Gasteiger partial charge is 0.493 e. The van der Waals surface area contributed by atoms with Crippen molar-refractivity contribution in [2.75, 3.05) is 26.8 Å². The van der Waals surface area contributed by atoms with Gasteiger partial charge in [-0.2, -0.15) is 0 Å². The number of benzene rings is 1. The Morgan fingerprint density at radius 3 is 2.66 bits per heavy atom. The van der Waals surface area contributed by atoms with Gasteiger partial charge in [-0.05, 0) is 55.3 Å². The van der Waals surface area contributed by atoms with Crippen LogP contribution in [0.3, 0.4) is 0 Å². The number of methoxy groups -OCH3 is 1. The molecule has 1 aliphatic heterocycles. The number of rotatable bonds is 8. The van der Waals surface area contributed by atoms with Gasteiger partial charge < -0.3 is 19.7 Å². The summed E-state index contributed by atoms with van der Waals surface area (Å²) in [6.45, 7) is 3.87. The van der Waals surface area contributed by atoms with Crippen molar-refractivity contribution >= 4 is 23.2 Å². The topological polar surface area (TPSA) is 67.9 Å². The number of carbonyl (C=O) groups is 2. The lowest BCUT2D eigenvalue weighted by molar-refractivity contribution is -0.122. The highest BCUT2D eigenvalue weighted by Crippen LogP contribution is 2.28. The quantitative estimate of drug-likeness (QED) is 0.715. The van der Waals surface area contributed by atoms with E-state index in [-0.39, 0.29) is 17.9 Å². The number of nitrogens with zero attached hydrogens (tertiary/aromatic N) is 1. The molecule has 1 saturated heterocycles. The minimum atomic E-state index is 0.0425. The Bertz CT molecular complexity index is 814. The molecule has 1 fully saturated rings. The van der Waals surface area contributed by atoms with Gasteiger partial charge >= 0.3 is 0 Å². The fraction of sp³-hybridized carbons (Fsp3) is 0.455. The zero-order valence-corrected chi connectivity index (χ0v) is 17.8. The van der Waals surface area contributed by atoms with Gasteiger partial charge in [0.1, 0.15) is 0 Å². The number of nitrogens with one attached hydrogen (secondary N) is 1. The molecule has 2 amide bonds. The molecule has 0 radical (unpaired) electrons. The van der Waals surface area contributed by atoms with Crippen molar-refractivity contribution in [2.24, 2.45) is 0 Å². The van der Waals surface area contributed by atoms with E-state index in [1.807, 2.05) is 47.5 Å². The molecule has 0 unspecified atom stereocenters. The van der Waals surface area contributed by atoms with Crippen LogP contribution in [0.1, 0.15) is 41.4 Å². The number of likely N-dealkylation sites (tertiary alicyclic amines) is 1. The smallest absolute Gasteiger partial charge is 0.263 e. The molecular formula is C22H28N2O4S. The fourth-order valence-corrected chi connectivity index (χ4v) is 4.17. The highest BCUT2D eigenvalue weighted by molar-refractivity contribution is 7.12. The molecule has 7 heteroatoms. The summed E-state index contributed by atoms with van der Waals surface area (Å²) in [4.78, 5) is 27.4. The molecule has 6 nitrogen and oxygen atoms in total. The Hall–Kier alpha value is -2.54. The molecule has 29 heavy (non-hydrogen) atoms. The minimum absolute atomic E-state index is 0.0425. The van der Waals surface area contributed by atoms with Gasteiger partial charge in [-0.15, -0.1) is 11.3 Å². The molecule has 0 aliphatic carbocycles. The Morgan fingerprint density at radius 2 is 2.00 bits per heavy atom. The van der Waals surface area contributed by atoms with E-state index >= 15 is 0 Å². The number of piperidine rings is 1. The predicted molar refractivity (Wildman–Crippen MR) is 114 cm³/mol. The highest BCUT2D eigenvalue weighted by Gasteiger charge is 2.24. The number of hydrogen-bond acceptors (Lipinski definition) is 5. The molecule has 2 aromatic rings. The monoisotopic (exact) mass is 416 g/mol. The summed E-state index contributed by atoms with van der Waals surface area (Å²) in [6, 6.07) is 9.66. The van der Waals surface area contributed by atoms with Gasteiger partial charge in [-0.25, -0.2) is 0 Å². The summed E-state index contributed by atoms with van der Waals surface area (Å²) in [5, 5.41) is 5.03. The molecule has 1 aromatic carbocycles. The maximum absolute atomic E-state index is 12.4. The van der Waals surface area contributed by atoms with Crippen LogP contribution >= 0.6 is 11.3 Å². The van der Waals surface area contributed by atoms with Crippen molar-refractivity contribution in [3.63, 3.8) is 0 Å². The molecule has 0 bridgehead atoms. The lowest BCUT2D eigenvalue weighted by Crippen LogP contribution is -2.46. The van der Waals surface area contributed by atoms with E-state index in [0.717, 1.165) is 23.3 Å². The van der Waals surface area contributed by atoms with E-state index in [0.29, 0.717) is 44.0 Å². The maximum atomic E-state index is 12.4. The number of ether oxygens (including phenoxy) is 2. The van der Waals surface area contributed by atoms with Crippen molar-refractivity contribution in [3.05, 3.63) is 46.2 Å². The third-order valence-corrected chi connectivity index (χ3v) is 5.91. The lowest BCUT2D eigenvalue weighted by Gasteiger charge is -2.32. The molecule has 0 atom stereocenters. The van der Waals surface area contributed by atoms with Gasteiger partial charge in [-0.1, -0.05) is 12.1 Å². The summed E-state index contributed by atoms with van der Waals surface area (Å²) < 4.78 is 10.9. The average molecular weight is 417 g/mol. The molecule has 1 aromatic heterocycles. The Balaban J connectivity index is 1.43. The molecule has 1 N–H and O–H groups in total. The summed E-state index contributed by atoms with van der Waals surface area (Å²) in [5.74, 6) is 1.54. The van der Waals surface area contributed by atoms with E-state index in [1.54, 1.807) is 7.11 Å². The van der Waals surface area contributed by atoms with Crippen molar-refractivity contribution < 1.29 is 19.1 Å². The Labute approximate surface area is 175 Å². The fourth-order valence-electron chi connectivity index (χ4n) is 3.48. The van der Waals surface area contributed by atoms with Crippen LogP contribution in [0.5, 0.6) is 11.5 Å². The normalized spacial score (nSPS) is 14.5. The van der Waals surface area contributed by atoms with E-state index in [2.05, 4.69) is 5.32 Å². The Kier molecular flexibility index (Phi) is 7.52. The highest BCUT2D eigenvalue weighted by atomic mass is 32.1. The van der Waals surface area contributed by atoms with Crippen molar-refractivity contribution in [2.45, 2.75) is 38.6 Å². The first-order valence-corrected chi connectivity index (χ1v) is 10.9. The van der Waals surface area contributed by atoms with Crippen LogP contribution in [0.15, 0.2) is 35.7 Å². The number of aryl methyl sites for hydroxylation is 1. The van der Waals surface area contributed by atoms with Gasteiger partial charge in [0.2, 0.25) is 5.91 Å². The molecule has 0 saturated carbocycles. The summed E-state index contributed by atoms with van der Waals surface area (Å²) >= 11 is 1.47. The van der Waals surface area contributed by atoms with E-state index in [4.69, 9.17) is 9.47 Å².